The average Bonchev–Trinajstić information content (AvgIpc) is 2.15. The highest BCUT2D eigenvalue weighted by Crippen LogP contribution is 2.23. The summed E-state index contributed by atoms with van der Waals surface area (Å²) in [5.41, 5.74) is 5.67. The minimum atomic E-state index is -4.32. The van der Waals surface area contributed by atoms with Gasteiger partial charge in [-0.1, -0.05) is 0 Å². The van der Waals surface area contributed by atoms with Gasteiger partial charge in [-0.15, -0.1) is 0 Å². The van der Waals surface area contributed by atoms with Gasteiger partial charge in [-0.05, 0) is 18.2 Å². The fourth-order valence-electron chi connectivity index (χ4n) is 0.940. The summed E-state index contributed by atoms with van der Waals surface area (Å²) >= 11 is 0. The SMILES string of the molecule is COC=Nc1ccc(N)c(S(=O)(=O)O)c1. The Morgan fingerprint density at radius 2 is 2.20 bits per heavy atom. The van der Waals surface area contributed by atoms with E-state index in [2.05, 4.69) is 9.73 Å². The predicted molar refractivity (Wildman–Crippen MR) is 55.8 cm³/mol. The topological polar surface area (TPSA) is 102 Å². The van der Waals surface area contributed by atoms with Gasteiger partial charge in [0.15, 0.2) is 6.40 Å². The molecule has 0 bridgehead atoms. The zero-order chi connectivity index (χ0) is 11.5. The zero-order valence-electron chi connectivity index (χ0n) is 7.91. The summed E-state index contributed by atoms with van der Waals surface area (Å²) in [5, 5.41) is 0. The second-order valence-corrected chi connectivity index (χ2v) is 4.06. The molecule has 0 aliphatic rings. The van der Waals surface area contributed by atoms with Crippen LogP contribution in [0.4, 0.5) is 11.4 Å². The fourth-order valence-corrected chi connectivity index (χ4v) is 1.58. The highest BCUT2D eigenvalue weighted by molar-refractivity contribution is 7.86. The van der Waals surface area contributed by atoms with Crippen LogP contribution in [-0.2, 0) is 14.9 Å². The van der Waals surface area contributed by atoms with Gasteiger partial charge in [0.1, 0.15) is 4.90 Å². The smallest absolute Gasteiger partial charge is 0.296 e. The number of nitrogens with two attached hydrogens (primary N) is 1. The minimum Gasteiger partial charge on any atom is -0.486 e. The van der Waals surface area contributed by atoms with Crippen LogP contribution in [0, 0.1) is 0 Å². The van der Waals surface area contributed by atoms with Crippen molar-refractivity contribution in [3.8, 4) is 0 Å². The van der Waals surface area contributed by atoms with Crippen LogP contribution in [0.25, 0.3) is 0 Å². The summed E-state index contributed by atoms with van der Waals surface area (Å²) in [4.78, 5) is 3.39. The number of rotatable bonds is 3. The van der Waals surface area contributed by atoms with Gasteiger partial charge < -0.3 is 10.5 Å². The molecule has 0 aliphatic heterocycles. The van der Waals surface area contributed by atoms with Gasteiger partial charge in [0, 0.05) is 0 Å². The Kier molecular flexibility index (Phi) is 3.28. The quantitative estimate of drug-likeness (QED) is 0.346. The van der Waals surface area contributed by atoms with Gasteiger partial charge in [-0.25, -0.2) is 4.99 Å². The molecule has 1 aromatic rings. The first kappa shape index (κ1) is 11.5. The highest BCUT2D eigenvalue weighted by Gasteiger charge is 2.13. The lowest BCUT2D eigenvalue weighted by molar-refractivity contribution is 0.423. The molecular formula is C8H10N2O4S. The Morgan fingerprint density at radius 1 is 1.53 bits per heavy atom. The van der Waals surface area contributed by atoms with E-state index in [1.54, 1.807) is 0 Å². The lowest BCUT2D eigenvalue weighted by Crippen LogP contribution is -2.02. The second kappa shape index (κ2) is 4.28. The molecule has 15 heavy (non-hydrogen) atoms. The van der Waals surface area contributed by atoms with Crippen LogP contribution >= 0.6 is 0 Å². The third-order valence-corrected chi connectivity index (χ3v) is 2.49. The molecule has 1 rings (SSSR count). The maximum Gasteiger partial charge on any atom is 0.296 e. The Bertz CT molecular complexity index is 481. The van der Waals surface area contributed by atoms with Crippen LogP contribution in [0.1, 0.15) is 0 Å². The molecule has 0 saturated carbocycles. The second-order valence-electron chi connectivity index (χ2n) is 2.67. The number of nitrogen functional groups attached to an aromatic ring is 1. The van der Waals surface area contributed by atoms with Gasteiger partial charge in [0.25, 0.3) is 10.1 Å². The maximum atomic E-state index is 10.9. The van der Waals surface area contributed by atoms with Gasteiger partial charge in [0.05, 0.1) is 18.5 Å². The molecule has 0 heterocycles. The zero-order valence-corrected chi connectivity index (χ0v) is 8.73. The molecule has 0 aromatic heterocycles. The normalized spacial score (nSPS) is 11.9. The molecular weight excluding hydrogens is 220 g/mol. The van der Waals surface area contributed by atoms with Crippen molar-refractivity contribution in [2.24, 2.45) is 4.99 Å². The molecule has 0 spiro atoms. The molecule has 0 aliphatic carbocycles. The van der Waals surface area contributed by atoms with E-state index >= 15 is 0 Å². The summed E-state index contributed by atoms with van der Waals surface area (Å²) in [7, 11) is -2.91. The number of ether oxygens (including phenoxy) is 1. The van der Waals surface area contributed by atoms with Crippen molar-refractivity contribution in [3.63, 3.8) is 0 Å². The van der Waals surface area contributed by atoms with Crippen molar-refractivity contribution in [3.05, 3.63) is 18.2 Å². The van der Waals surface area contributed by atoms with Crippen molar-refractivity contribution in [2.75, 3.05) is 12.8 Å². The van der Waals surface area contributed by atoms with Gasteiger partial charge in [-0.2, -0.15) is 8.42 Å². The largest absolute Gasteiger partial charge is 0.486 e. The summed E-state index contributed by atoms with van der Waals surface area (Å²) < 4.78 is 35.1. The molecule has 0 atom stereocenters. The van der Waals surface area contributed by atoms with Gasteiger partial charge in [-0.3, -0.25) is 4.55 Å². The number of methoxy groups -OCH3 is 1. The van der Waals surface area contributed by atoms with Crippen LogP contribution in [-0.4, -0.2) is 26.5 Å². The van der Waals surface area contributed by atoms with Crippen molar-refractivity contribution >= 4 is 27.9 Å². The summed E-state index contributed by atoms with van der Waals surface area (Å²) in [6.07, 6.45) is 1.14. The van der Waals surface area contributed by atoms with Crippen LogP contribution in [0.3, 0.4) is 0 Å². The van der Waals surface area contributed by atoms with E-state index in [9.17, 15) is 8.42 Å². The van der Waals surface area contributed by atoms with E-state index in [-0.39, 0.29) is 10.6 Å². The van der Waals surface area contributed by atoms with Crippen LogP contribution in [0.2, 0.25) is 0 Å². The van der Waals surface area contributed by atoms with E-state index < -0.39 is 10.1 Å². The molecule has 1 aromatic carbocycles. The molecule has 0 radical (unpaired) electrons. The lowest BCUT2D eigenvalue weighted by Gasteiger charge is -2.02. The van der Waals surface area contributed by atoms with E-state index in [0.29, 0.717) is 5.69 Å². The Hall–Kier alpha value is -1.60. The van der Waals surface area contributed by atoms with E-state index in [0.717, 1.165) is 12.5 Å². The van der Waals surface area contributed by atoms with Gasteiger partial charge in [0.2, 0.25) is 0 Å². The number of aliphatic imine (C=N–C) groups is 1. The molecule has 82 valence electrons. The standard InChI is InChI=1S/C8H10N2O4S/c1-14-5-10-6-2-3-7(9)8(4-6)15(11,12)13/h2-5H,9H2,1H3,(H,11,12,13). The maximum absolute atomic E-state index is 10.9. The summed E-state index contributed by atoms with van der Waals surface area (Å²) in [6, 6.07) is 3.99. The summed E-state index contributed by atoms with van der Waals surface area (Å²) in [6.45, 7) is 0. The lowest BCUT2D eigenvalue weighted by atomic mass is 10.3. The Labute approximate surface area is 87.1 Å². The number of hydrogen-bond acceptors (Lipinski definition) is 5. The first-order valence-corrected chi connectivity index (χ1v) is 5.31. The Morgan fingerprint density at radius 3 is 2.73 bits per heavy atom. The first-order valence-electron chi connectivity index (χ1n) is 3.87. The molecule has 0 amide bonds. The minimum absolute atomic E-state index is 0.0335. The van der Waals surface area contributed by atoms with Crippen LogP contribution in [0.5, 0.6) is 0 Å². The number of nitrogens with zero attached hydrogens (tertiary/aromatic N) is 1. The van der Waals surface area contributed by atoms with Crippen molar-refractivity contribution in [1.82, 2.24) is 0 Å². The highest BCUT2D eigenvalue weighted by atomic mass is 32.2. The number of anilines is 1. The van der Waals surface area contributed by atoms with Crippen LogP contribution < -0.4 is 5.73 Å². The van der Waals surface area contributed by atoms with Crippen molar-refractivity contribution < 1.29 is 17.7 Å². The molecule has 6 nitrogen and oxygen atoms in total. The van der Waals surface area contributed by atoms with Crippen molar-refractivity contribution in [2.45, 2.75) is 4.90 Å². The predicted octanol–water partition coefficient (Wildman–Crippen LogP) is 0.822. The summed E-state index contributed by atoms with van der Waals surface area (Å²) in [5.74, 6) is 0. The molecule has 0 saturated heterocycles. The van der Waals surface area contributed by atoms with Crippen molar-refractivity contribution in [1.29, 1.82) is 0 Å². The molecule has 0 fully saturated rings. The fraction of sp³-hybridized carbons (Fsp3) is 0.125. The van der Waals surface area contributed by atoms with Gasteiger partial charge >= 0.3 is 0 Å². The Balaban J connectivity index is 3.23. The molecule has 0 unspecified atom stereocenters. The molecule has 7 heteroatoms. The molecule has 3 N–H and O–H groups in total. The number of hydrogen-bond donors (Lipinski definition) is 2. The van der Waals surface area contributed by atoms with E-state index in [1.807, 2.05) is 0 Å². The van der Waals surface area contributed by atoms with Crippen LogP contribution in [0.15, 0.2) is 28.1 Å². The van der Waals surface area contributed by atoms with E-state index in [1.165, 1.54) is 19.2 Å². The third-order valence-electron chi connectivity index (χ3n) is 1.58. The first-order chi connectivity index (χ1) is 6.95. The average molecular weight is 230 g/mol. The monoisotopic (exact) mass is 230 g/mol. The van der Waals surface area contributed by atoms with E-state index in [4.69, 9.17) is 10.3 Å². The third kappa shape index (κ3) is 2.93. The number of benzene rings is 1.